The number of nitrogens with zero attached hydrogens (tertiary/aromatic N) is 7. The number of hydrogen-bond acceptors (Lipinski definition) is 6. The lowest BCUT2D eigenvalue weighted by atomic mass is 10.1. The van der Waals surface area contributed by atoms with Crippen molar-refractivity contribution in [3.8, 4) is 23.3 Å². The van der Waals surface area contributed by atoms with Crippen molar-refractivity contribution < 1.29 is 0 Å². The number of nitriles is 2. The lowest BCUT2D eigenvalue weighted by molar-refractivity contribution is 0.212. The average Bonchev–Trinajstić information content (AvgIpc) is 3.43. The molecule has 1 aliphatic rings. The van der Waals surface area contributed by atoms with E-state index in [1.165, 1.54) is 11.8 Å². The summed E-state index contributed by atoms with van der Waals surface area (Å²) in [5.74, 6) is 0. The van der Waals surface area contributed by atoms with Gasteiger partial charge in [-0.1, -0.05) is 35.5 Å². The van der Waals surface area contributed by atoms with Gasteiger partial charge in [0.1, 0.15) is 17.3 Å². The molecule has 1 aromatic carbocycles. The lowest BCUT2D eigenvalue weighted by Gasteiger charge is -2.29. The molecule has 0 saturated carbocycles. The van der Waals surface area contributed by atoms with Gasteiger partial charge in [-0.2, -0.15) is 20.7 Å². The van der Waals surface area contributed by atoms with Gasteiger partial charge in [0.15, 0.2) is 0 Å². The summed E-state index contributed by atoms with van der Waals surface area (Å²) >= 11 is 8.27. The van der Waals surface area contributed by atoms with Crippen LogP contribution in [0.15, 0.2) is 58.7 Å². The fourth-order valence-corrected chi connectivity index (χ4v) is 5.63. The second kappa shape index (κ2) is 8.92. The molecule has 0 aliphatic carbocycles. The Hall–Kier alpha value is -3.30. The molecule has 0 spiro atoms. The summed E-state index contributed by atoms with van der Waals surface area (Å²) in [6.45, 7) is 2.04. The van der Waals surface area contributed by atoms with Crippen molar-refractivity contribution in [1.29, 1.82) is 10.5 Å². The van der Waals surface area contributed by atoms with Gasteiger partial charge in [0.2, 0.25) is 0 Å². The van der Waals surface area contributed by atoms with E-state index in [-0.39, 0.29) is 6.04 Å². The summed E-state index contributed by atoms with van der Waals surface area (Å²) in [7, 11) is 2.13. The first-order valence-electron chi connectivity index (χ1n) is 10.6. The minimum atomic E-state index is 0.275. The van der Waals surface area contributed by atoms with Crippen LogP contribution >= 0.6 is 23.4 Å². The van der Waals surface area contributed by atoms with Crippen LogP contribution in [0, 0.1) is 22.7 Å². The molecule has 1 fully saturated rings. The van der Waals surface area contributed by atoms with Gasteiger partial charge in [0, 0.05) is 27.1 Å². The smallest absolute Gasteiger partial charge is 0.135 e. The maximum absolute atomic E-state index is 9.61. The first-order valence-corrected chi connectivity index (χ1v) is 11.8. The zero-order valence-electron chi connectivity index (χ0n) is 17.9. The summed E-state index contributed by atoms with van der Waals surface area (Å²) in [4.78, 5) is 3.96. The van der Waals surface area contributed by atoms with Crippen molar-refractivity contribution in [3.05, 3.63) is 65.2 Å². The Morgan fingerprint density at radius 1 is 1.03 bits per heavy atom. The van der Waals surface area contributed by atoms with E-state index in [1.54, 1.807) is 23.0 Å². The van der Waals surface area contributed by atoms with Crippen molar-refractivity contribution in [2.45, 2.75) is 28.7 Å². The van der Waals surface area contributed by atoms with Gasteiger partial charge in [-0.05, 0) is 51.2 Å². The Bertz CT molecular complexity index is 1420. The fraction of sp³-hybridized carbons (Fsp3) is 0.250. The third kappa shape index (κ3) is 3.98. The van der Waals surface area contributed by atoms with Crippen LogP contribution in [-0.2, 0) is 0 Å². The van der Waals surface area contributed by atoms with E-state index in [1.807, 2.05) is 35.1 Å². The number of aromatic nitrogens is 4. The Labute approximate surface area is 200 Å². The van der Waals surface area contributed by atoms with Crippen molar-refractivity contribution >= 4 is 28.9 Å². The normalized spacial score (nSPS) is 14.9. The van der Waals surface area contributed by atoms with Gasteiger partial charge in [-0.15, -0.1) is 0 Å². The van der Waals surface area contributed by atoms with Crippen molar-refractivity contribution in [3.63, 3.8) is 0 Å². The third-order valence-corrected chi connectivity index (χ3v) is 7.49. The number of fused-ring (bicyclic) bond motifs is 1. The SMILES string of the molecule is CN1CCC(n2ncc(-c3cc(Sc4ccccc4C#N)c4c(C#N)cnn4c3)c2Cl)CC1. The highest BCUT2D eigenvalue weighted by Gasteiger charge is 2.23. The van der Waals surface area contributed by atoms with Crippen LogP contribution in [0.3, 0.4) is 0 Å². The quantitative estimate of drug-likeness (QED) is 0.414. The third-order valence-electron chi connectivity index (χ3n) is 6.00. The molecule has 9 heteroatoms. The van der Waals surface area contributed by atoms with Gasteiger partial charge < -0.3 is 4.90 Å². The van der Waals surface area contributed by atoms with Gasteiger partial charge in [-0.25, -0.2) is 4.52 Å². The predicted molar refractivity (Wildman–Crippen MR) is 127 cm³/mol. The van der Waals surface area contributed by atoms with Crippen LogP contribution in [0.25, 0.3) is 16.6 Å². The van der Waals surface area contributed by atoms with Gasteiger partial charge in [0.05, 0.1) is 35.1 Å². The lowest BCUT2D eigenvalue weighted by Crippen LogP contribution is -2.31. The molecule has 33 heavy (non-hydrogen) atoms. The van der Waals surface area contributed by atoms with Crippen LogP contribution in [-0.4, -0.2) is 44.4 Å². The number of hydrogen-bond donors (Lipinski definition) is 0. The highest BCUT2D eigenvalue weighted by atomic mass is 35.5. The molecule has 0 amide bonds. The van der Waals surface area contributed by atoms with E-state index >= 15 is 0 Å². The minimum absolute atomic E-state index is 0.275. The van der Waals surface area contributed by atoms with E-state index in [9.17, 15) is 10.5 Å². The number of benzene rings is 1. The second-order valence-corrected chi connectivity index (χ2v) is 9.54. The largest absolute Gasteiger partial charge is 0.306 e. The molecule has 0 radical (unpaired) electrons. The van der Waals surface area contributed by atoms with Gasteiger partial charge in [0.25, 0.3) is 0 Å². The molecule has 4 aromatic rings. The van der Waals surface area contributed by atoms with Crippen LogP contribution < -0.4 is 0 Å². The molecule has 0 N–H and O–H groups in total. The molecular weight excluding hydrogens is 454 g/mol. The molecule has 1 aliphatic heterocycles. The Morgan fingerprint density at radius 3 is 2.55 bits per heavy atom. The first kappa shape index (κ1) is 21.5. The van der Waals surface area contributed by atoms with E-state index in [0.717, 1.165) is 46.8 Å². The second-order valence-electron chi connectivity index (χ2n) is 8.09. The molecule has 1 saturated heterocycles. The number of halogens is 1. The molecule has 0 unspecified atom stereocenters. The maximum Gasteiger partial charge on any atom is 0.135 e. The molecule has 7 nitrogen and oxygen atoms in total. The number of piperidine rings is 1. The number of rotatable bonds is 4. The predicted octanol–water partition coefficient (Wildman–Crippen LogP) is 5.01. The number of pyridine rings is 1. The topological polar surface area (TPSA) is 85.9 Å². The molecule has 3 aromatic heterocycles. The van der Waals surface area contributed by atoms with Crippen molar-refractivity contribution in [2.75, 3.05) is 20.1 Å². The van der Waals surface area contributed by atoms with E-state index in [2.05, 4.69) is 34.3 Å². The Kier molecular flexibility index (Phi) is 5.82. The van der Waals surface area contributed by atoms with E-state index in [0.29, 0.717) is 21.8 Å². The summed E-state index contributed by atoms with van der Waals surface area (Å²) in [6, 6.07) is 14.2. The first-order chi connectivity index (χ1) is 16.1. The summed E-state index contributed by atoms with van der Waals surface area (Å²) in [6.07, 6.45) is 7.25. The summed E-state index contributed by atoms with van der Waals surface area (Å²) in [5.41, 5.74) is 3.44. The maximum atomic E-state index is 9.61. The monoisotopic (exact) mass is 473 g/mol. The highest BCUT2D eigenvalue weighted by Crippen LogP contribution is 2.39. The average molecular weight is 474 g/mol. The fourth-order valence-electron chi connectivity index (χ4n) is 4.19. The van der Waals surface area contributed by atoms with Crippen molar-refractivity contribution in [1.82, 2.24) is 24.3 Å². The van der Waals surface area contributed by atoms with Gasteiger partial charge >= 0.3 is 0 Å². The molecular formula is C24H20ClN7S. The molecule has 5 rings (SSSR count). The Balaban J connectivity index is 1.60. The van der Waals surface area contributed by atoms with E-state index in [4.69, 9.17) is 11.6 Å². The van der Waals surface area contributed by atoms with Crippen molar-refractivity contribution in [2.24, 2.45) is 0 Å². The highest BCUT2D eigenvalue weighted by molar-refractivity contribution is 7.99. The zero-order valence-corrected chi connectivity index (χ0v) is 19.5. The Morgan fingerprint density at radius 2 is 1.79 bits per heavy atom. The van der Waals surface area contributed by atoms with E-state index < -0.39 is 0 Å². The number of likely N-dealkylation sites (tertiary alicyclic amines) is 1. The van der Waals surface area contributed by atoms with Crippen LogP contribution in [0.2, 0.25) is 5.15 Å². The molecule has 164 valence electrons. The standard InChI is InChI=1S/C24H20ClN7S/c1-30-8-6-19(7-9-30)32-24(25)20(14-29-32)17-10-22(23-18(12-27)13-28-31(23)15-17)33-21-5-3-2-4-16(21)11-26/h2-5,10,13-15,19H,6-9H2,1H3. The van der Waals surface area contributed by atoms with Crippen LogP contribution in [0.4, 0.5) is 0 Å². The van der Waals surface area contributed by atoms with Gasteiger partial charge in [-0.3, -0.25) is 4.68 Å². The van der Waals surface area contributed by atoms with Crippen LogP contribution in [0.1, 0.15) is 30.0 Å². The zero-order chi connectivity index (χ0) is 22.9. The minimum Gasteiger partial charge on any atom is -0.306 e. The summed E-state index contributed by atoms with van der Waals surface area (Å²) < 4.78 is 3.63. The molecule has 4 heterocycles. The van der Waals surface area contributed by atoms with Crippen LogP contribution in [0.5, 0.6) is 0 Å². The summed E-state index contributed by atoms with van der Waals surface area (Å²) in [5, 5.41) is 28.7. The molecule has 0 bridgehead atoms. The molecule has 0 atom stereocenters.